The number of carbonyl (C=O) groups is 1. The molecule has 162 valence electrons. The van der Waals surface area contributed by atoms with Gasteiger partial charge in [-0.1, -0.05) is 12.1 Å². The molecule has 0 atom stereocenters. The van der Waals surface area contributed by atoms with Crippen LogP contribution in [0.15, 0.2) is 51.7 Å². The number of aryl methyl sites for hydroxylation is 2. The maximum atomic E-state index is 14.0. The Labute approximate surface area is 186 Å². The lowest BCUT2D eigenvalue weighted by molar-refractivity contribution is 0.0963. The monoisotopic (exact) mass is 490 g/mol. The van der Waals surface area contributed by atoms with Crippen LogP contribution in [0.25, 0.3) is 0 Å². The molecule has 2 aromatic carbocycles. The predicted octanol–water partition coefficient (Wildman–Crippen LogP) is 4.45. The van der Waals surface area contributed by atoms with E-state index in [4.69, 9.17) is 4.74 Å². The Kier molecular flexibility index (Phi) is 7.22. The average molecular weight is 491 g/mol. The molecule has 0 aliphatic rings. The van der Waals surface area contributed by atoms with E-state index in [0.717, 1.165) is 23.3 Å². The van der Waals surface area contributed by atoms with Gasteiger partial charge in [0, 0.05) is 35.5 Å². The van der Waals surface area contributed by atoms with Gasteiger partial charge in [0.2, 0.25) is 0 Å². The fraction of sp³-hybridized carbons (Fsp3) is 0.217. The number of hydrogen-bond acceptors (Lipinski definition) is 3. The van der Waals surface area contributed by atoms with Crippen molar-refractivity contribution in [3.8, 4) is 5.75 Å². The number of H-pyrrole nitrogens is 1. The van der Waals surface area contributed by atoms with Crippen LogP contribution in [0.5, 0.6) is 5.75 Å². The number of carbonyl (C=O) groups excluding carboxylic acids is 1. The average Bonchev–Trinajstić information content (AvgIpc) is 2.75. The molecule has 8 heteroatoms. The minimum Gasteiger partial charge on any atom is -0.487 e. The zero-order chi connectivity index (χ0) is 22.5. The van der Waals surface area contributed by atoms with Crippen LogP contribution in [0.1, 0.15) is 32.7 Å². The van der Waals surface area contributed by atoms with E-state index < -0.39 is 11.6 Å². The molecule has 0 aliphatic carbocycles. The fourth-order valence-electron chi connectivity index (χ4n) is 3.18. The first-order chi connectivity index (χ1) is 14.8. The van der Waals surface area contributed by atoms with Gasteiger partial charge in [-0.3, -0.25) is 9.59 Å². The van der Waals surface area contributed by atoms with Crippen molar-refractivity contribution >= 4 is 21.8 Å². The largest absolute Gasteiger partial charge is 0.487 e. The molecule has 1 heterocycles. The Morgan fingerprint density at radius 1 is 1.13 bits per heavy atom. The summed E-state index contributed by atoms with van der Waals surface area (Å²) in [4.78, 5) is 26.6. The SMILES string of the molecule is CNC(=O)c1ccc(CCc2c(C)[nH]c(=O)c(Br)c2OCc2ccc(F)cc2F)cc1. The van der Waals surface area contributed by atoms with Gasteiger partial charge >= 0.3 is 0 Å². The van der Waals surface area contributed by atoms with E-state index in [9.17, 15) is 18.4 Å². The zero-order valence-corrected chi connectivity index (χ0v) is 18.6. The smallest absolute Gasteiger partial charge is 0.266 e. The van der Waals surface area contributed by atoms with E-state index in [2.05, 4.69) is 26.2 Å². The predicted molar refractivity (Wildman–Crippen MR) is 117 cm³/mol. The molecule has 0 unspecified atom stereocenters. The van der Waals surface area contributed by atoms with Crippen LogP contribution >= 0.6 is 15.9 Å². The summed E-state index contributed by atoms with van der Waals surface area (Å²) < 4.78 is 33.1. The third kappa shape index (κ3) is 5.38. The maximum absolute atomic E-state index is 14.0. The first kappa shape index (κ1) is 22.7. The summed E-state index contributed by atoms with van der Waals surface area (Å²) in [6.45, 7) is 1.62. The summed E-state index contributed by atoms with van der Waals surface area (Å²) in [7, 11) is 1.58. The first-order valence-corrected chi connectivity index (χ1v) is 10.4. The molecule has 2 N–H and O–H groups in total. The van der Waals surface area contributed by atoms with Crippen molar-refractivity contribution in [2.75, 3.05) is 7.05 Å². The number of hydrogen-bond donors (Lipinski definition) is 2. The van der Waals surface area contributed by atoms with Gasteiger partial charge in [-0.2, -0.15) is 0 Å². The van der Waals surface area contributed by atoms with Crippen LogP contribution in [-0.2, 0) is 19.4 Å². The van der Waals surface area contributed by atoms with Crippen molar-refractivity contribution in [1.29, 1.82) is 0 Å². The fourth-order valence-corrected chi connectivity index (χ4v) is 3.64. The van der Waals surface area contributed by atoms with E-state index in [1.54, 1.807) is 26.1 Å². The quantitative estimate of drug-likeness (QED) is 0.513. The molecular weight excluding hydrogens is 470 g/mol. The number of ether oxygens (including phenoxy) is 1. The van der Waals surface area contributed by atoms with Gasteiger partial charge in [-0.25, -0.2) is 8.78 Å². The van der Waals surface area contributed by atoms with E-state index >= 15 is 0 Å². The number of halogens is 3. The number of amides is 1. The van der Waals surface area contributed by atoms with Crippen LogP contribution in [0.2, 0.25) is 0 Å². The normalized spacial score (nSPS) is 10.7. The van der Waals surface area contributed by atoms with Crippen LogP contribution in [0.4, 0.5) is 8.78 Å². The highest BCUT2D eigenvalue weighted by atomic mass is 79.9. The molecule has 31 heavy (non-hydrogen) atoms. The number of aromatic nitrogens is 1. The number of rotatable bonds is 7. The summed E-state index contributed by atoms with van der Waals surface area (Å²) in [5.41, 5.74) is 2.81. The lowest BCUT2D eigenvalue weighted by atomic mass is 10.0. The molecular formula is C23H21BrF2N2O3. The molecule has 0 fully saturated rings. The number of pyridine rings is 1. The number of benzene rings is 2. The van der Waals surface area contributed by atoms with E-state index in [1.165, 1.54) is 6.07 Å². The Bertz CT molecular complexity index is 1160. The molecule has 3 aromatic rings. The zero-order valence-electron chi connectivity index (χ0n) is 17.0. The molecule has 0 radical (unpaired) electrons. The molecule has 5 nitrogen and oxygen atoms in total. The topological polar surface area (TPSA) is 71.2 Å². The summed E-state index contributed by atoms with van der Waals surface area (Å²) in [6.07, 6.45) is 1.18. The summed E-state index contributed by atoms with van der Waals surface area (Å²) >= 11 is 3.26. The van der Waals surface area contributed by atoms with Crippen molar-refractivity contribution in [2.24, 2.45) is 0 Å². The van der Waals surface area contributed by atoms with Gasteiger partial charge < -0.3 is 15.0 Å². The van der Waals surface area contributed by atoms with E-state index in [0.29, 0.717) is 29.8 Å². The van der Waals surface area contributed by atoms with Crippen molar-refractivity contribution in [3.63, 3.8) is 0 Å². The van der Waals surface area contributed by atoms with E-state index in [-0.39, 0.29) is 28.1 Å². The van der Waals surface area contributed by atoms with Gasteiger partial charge in [-0.15, -0.1) is 0 Å². The summed E-state index contributed by atoms with van der Waals surface area (Å²) in [6, 6.07) is 10.5. The maximum Gasteiger partial charge on any atom is 0.266 e. The minimum atomic E-state index is -0.713. The lowest BCUT2D eigenvalue weighted by Crippen LogP contribution is -2.17. The lowest BCUT2D eigenvalue weighted by Gasteiger charge is -2.16. The number of nitrogens with one attached hydrogen (secondary N) is 2. The first-order valence-electron chi connectivity index (χ1n) is 9.59. The summed E-state index contributed by atoms with van der Waals surface area (Å²) in [5.74, 6) is -1.21. The second kappa shape index (κ2) is 9.87. The van der Waals surface area contributed by atoms with Crippen molar-refractivity contribution < 1.29 is 18.3 Å². The van der Waals surface area contributed by atoms with Crippen molar-refractivity contribution in [2.45, 2.75) is 26.4 Å². The molecule has 1 aromatic heterocycles. The Morgan fingerprint density at radius 3 is 2.48 bits per heavy atom. The molecule has 0 saturated carbocycles. The van der Waals surface area contributed by atoms with Gasteiger partial charge in [0.25, 0.3) is 11.5 Å². The highest BCUT2D eigenvalue weighted by molar-refractivity contribution is 9.10. The van der Waals surface area contributed by atoms with E-state index in [1.807, 2.05) is 12.1 Å². The second-order valence-corrected chi connectivity index (χ2v) is 7.79. The van der Waals surface area contributed by atoms with Gasteiger partial charge in [0.05, 0.1) is 0 Å². The second-order valence-electron chi connectivity index (χ2n) is 7.00. The number of aromatic amines is 1. The molecule has 0 bridgehead atoms. The standard InChI is InChI=1S/C23H21BrF2N2O3/c1-13-18(10-5-14-3-6-15(7-4-14)22(29)27-2)21(20(24)23(30)28-13)31-12-16-8-9-17(25)11-19(16)26/h3-4,6-9,11H,5,10,12H2,1-2H3,(H,27,29)(H,28,30). The van der Waals surface area contributed by atoms with Gasteiger partial charge in [-0.05, 0) is 65.5 Å². The Hall–Kier alpha value is -3.00. The van der Waals surface area contributed by atoms with Gasteiger partial charge in [0.1, 0.15) is 28.5 Å². The highest BCUT2D eigenvalue weighted by Crippen LogP contribution is 2.30. The molecule has 3 rings (SSSR count). The van der Waals surface area contributed by atoms with Gasteiger partial charge in [0.15, 0.2) is 0 Å². The molecule has 0 aliphatic heterocycles. The third-order valence-corrected chi connectivity index (χ3v) is 5.64. The van der Waals surface area contributed by atoms with Crippen LogP contribution in [-0.4, -0.2) is 17.9 Å². The highest BCUT2D eigenvalue weighted by Gasteiger charge is 2.17. The minimum absolute atomic E-state index is 0.151. The third-order valence-electron chi connectivity index (χ3n) is 4.92. The van der Waals surface area contributed by atoms with Crippen molar-refractivity contribution in [1.82, 2.24) is 10.3 Å². The van der Waals surface area contributed by atoms with Crippen LogP contribution < -0.4 is 15.6 Å². The Balaban J connectivity index is 1.82. The summed E-state index contributed by atoms with van der Waals surface area (Å²) in [5, 5.41) is 2.58. The molecule has 0 spiro atoms. The van der Waals surface area contributed by atoms with Crippen molar-refractivity contribution in [3.05, 3.63) is 96.9 Å². The van der Waals surface area contributed by atoms with Crippen LogP contribution in [0, 0.1) is 18.6 Å². The molecule has 1 amide bonds. The Morgan fingerprint density at radius 2 is 1.84 bits per heavy atom. The molecule has 0 saturated heterocycles. The van der Waals surface area contributed by atoms with Crippen LogP contribution in [0.3, 0.4) is 0 Å².